The van der Waals surface area contributed by atoms with Crippen LogP contribution < -0.4 is 15.5 Å². The van der Waals surface area contributed by atoms with Crippen molar-refractivity contribution in [1.82, 2.24) is 9.97 Å². The van der Waals surface area contributed by atoms with E-state index in [-0.39, 0.29) is 17.4 Å². The Morgan fingerprint density at radius 2 is 1.73 bits per heavy atom. The first-order chi connectivity index (χ1) is 16.0. The molecule has 1 saturated heterocycles. The van der Waals surface area contributed by atoms with E-state index in [1.165, 1.54) is 18.8 Å². The molecule has 1 aliphatic rings. The highest BCUT2D eigenvalue weighted by molar-refractivity contribution is 5.89. The van der Waals surface area contributed by atoms with Crippen molar-refractivity contribution >= 4 is 34.6 Å². The van der Waals surface area contributed by atoms with Crippen LogP contribution in [0, 0.1) is 16.0 Å². The van der Waals surface area contributed by atoms with Crippen molar-refractivity contribution < 1.29 is 9.72 Å². The third kappa shape index (κ3) is 5.62. The molecule has 0 unspecified atom stereocenters. The summed E-state index contributed by atoms with van der Waals surface area (Å²) in [7, 11) is 0. The van der Waals surface area contributed by atoms with Crippen molar-refractivity contribution in [3.05, 3.63) is 76.6 Å². The van der Waals surface area contributed by atoms with Crippen LogP contribution in [-0.2, 0) is 11.2 Å². The maximum Gasteiger partial charge on any atom is 0.353 e. The van der Waals surface area contributed by atoms with E-state index in [1.807, 2.05) is 11.0 Å². The second kappa shape index (κ2) is 10.1. The Kier molecular flexibility index (Phi) is 6.77. The van der Waals surface area contributed by atoms with E-state index >= 15 is 0 Å². The summed E-state index contributed by atoms with van der Waals surface area (Å²) < 4.78 is 0. The van der Waals surface area contributed by atoms with Gasteiger partial charge in [0, 0.05) is 31.4 Å². The number of carbonyl (C=O) groups excluding carboxylic acids is 1. The van der Waals surface area contributed by atoms with Crippen LogP contribution in [0.15, 0.2) is 60.9 Å². The van der Waals surface area contributed by atoms with E-state index in [4.69, 9.17) is 0 Å². The fourth-order valence-electron chi connectivity index (χ4n) is 4.13. The van der Waals surface area contributed by atoms with Crippen molar-refractivity contribution in [1.29, 1.82) is 0 Å². The zero-order chi connectivity index (χ0) is 23.2. The lowest BCUT2D eigenvalue weighted by Gasteiger charge is -2.32. The Morgan fingerprint density at radius 3 is 2.36 bits per heavy atom. The molecule has 0 saturated carbocycles. The normalized spacial score (nSPS) is 14.0. The molecule has 0 radical (unpaired) electrons. The molecule has 1 aromatic heterocycles. The summed E-state index contributed by atoms with van der Waals surface area (Å²) in [6, 6.07) is 17.3. The number of benzene rings is 2. The van der Waals surface area contributed by atoms with Gasteiger partial charge in [-0.15, -0.1) is 0 Å². The molecule has 0 spiro atoms. The van der Waals surface area contributed by atoms with Crippen LogP contribution in [0.5, 0.6) is 0 Å². The summed E-state index contributed by atoms with van der Waals surface area (Å²) in [5, 5.41) is 17.7. The van der Waals surface area contributed by atoms with Gasteiger partial charge in [-0.05, 0) is 55.0 Å². The van der Waals surface area contributed by atoms with E-state index in [0.29, 0.717) is 36.2 Å². The van der Waals surface area contributed by atoms with Gasteiger partial charge in [0.1, 0.15) is 6.33 Å². The summed E-state index contributed by atoms with van der Waals surface area (Å²) in [6.45, 7) is 2.85. The smallest absolute Gasteiger partial charge is 0.351 e. The number of hydrogen-bond donors (Lipinski definition) is 2. The number of carbonyl (C=O) groups is 1. The zero-order valence-corrected chi connectivity index (χ0v) is 18.4. The molecule has 0 atom stereocenters. The van der Waals surface area contributed by atoms with Gasteiger partial charge < -0.3 is 15.5 Å². The zero-order valence-electron chi connectivity index (χ0n) is 18.4. The summed E-state index contributed by atoms with van der Waals surface area (Å²) in [5.74, 6) is 0.859. The average Bonchev–Trinajstić information content (AvgIpc) is 2.81. The van der Waals surface area contributed by atoms with Gasteiger partial charge >= 0.3 is 5.69 Å². The number of aromatic nitrogens is 2. The second-order valence-electron chi connectivity index (χ2n) is 8.16. The number of nitrogens with zero attached hydrogens (tertiary/aromatic N) is 4. The van der Waals surface area contributed by atoms with Gasteiger partial charge in [0.25, 0.3) is 0 Å². The van der Waals surface area contributed by atoms with E-state index in [1.54, 1.807) is 24.3 Å². The average molecular weight is 447 g/mol. The van der Waals surface area contributed by atoms with E-state index in [9.17, 15) is 14.9 Å². The van der Waals surface area contributed by atoms with Gasteiger partial charge in [-0.25, -0.2) is 9.97 Å². The summed E-state index contributed by atoms with van der Waals surface area (Å²) >= 11 is 0. The highest BCUT2D eigenvalue weighted by Crippen LogP contribution is 2.36. The Labute approximate surface area is 192 Å². The van der Waals surface area contributed by atoms with Crippen molar-refractivity contribution in [2.24, 2.45) is 5.92 Å². The largest absolute Gasteiger partial charge is 0.353 e. The van der Waals surface area contributed by atoms with E-state index < -0.39 is 4.92 Å². The fourth-order valence-corrected chi connectivity index (χ4v) is 4.13. The summed E-state index contributed by atoms with van der Waals surface area (Å²) in [6.07, 6.45) is 4.26. The number of anilines is 4. The van der Waals surface area contributed by atoms with Crippen LogP contribution in [0.25, 0.3) is 0 Å². The fraction of sp³-hybridized carbons (Fsp3) is 0.292. The van der Waals surface area contributed by atoms with Crippen molar-refractivity contribution in [2.75, 3.05) is 28.6 Å². The molecule has 1 aliphatic heterocycles. The molecule has 2 heterocycles. The lowest BCUT2D eigenvalue weighted by Crippen LogP contribution is -2.35. The predicted molar refractivity (Wildman–Crippen MR) is 128 cm³/mol. The SMILES string of the molecule is CC(=O)Nc1ccc(Nc2ncnc(N3CCC(Cc4ccccc4)CC3)c2[N+](=O)[O-])cc1. The van der Waals surface area contributed by atoms with Crippen LogP contribution in [0.1, 0.15) is 25.3 Å². The highest BCUT2D eigenvalue weighted by Gasteiger charge is 2.30. The molecule has 3 aromatic rings. The molecule has 2 N–H and O–H groups in total. The predicted octanol–water partition coefficient (Wildman–Crippen LogP) is 4.55. The molecule has 0 bridgehead atoms. The highest BCUT2D eigenvalue weighted by atomic mass is 16.6. The van der Waals surface area contributed by atoms with Gasteiger partial charge in [-0.1, -0.05) is 30.3 Å². The van der Waals surface area contributed by atoms with Crippen molar-refractivity contribution in [3.63, 3.8) is 0 Å². The van der Waals surface area contributed by atoms with Gasteiger partial charge in [-0.2, -0.15) is 0 Å². The molecule has 9 heteroatoms. The van der Waals surface area contributed by atoms with Crippen molar-refractivity contribution in [2.45, 2.75) is 26.2 Å². The first kappa shape index (κ1) is 22.2. The monoisotopic (exact) mass is 446 g/mol. The van der Waals surface area contributed by atoms with Crippen LogP contribution in [0.4, 0.5) is 28.7 Å². The Hall–Kier alpha value is -4.01. The van der Waals surface area contributed by atoms with Crippen molar-refractivity contribution in [3.8, 4) is 0 Å². The maximum absolute atomic E-state index is 12.0. The third-order valence-electron chi connectivity index (χ3n) is 5.73. The molecule has 1 amide bonds. The molecular weight excluding hydrogens is 420 g/mol. The summed E-state index contributed by atoms with van der Waals surface area (Å²) in [4.78, 5) is 33.1. The molecular formula is C24H26N6O3. The van der Waals surface area contributed by atoms with Crippen LogP contribution in [0.3, 0.4) is 0 Å². The number of hydrogen-bond acceptors (Lipinski definition) is 7. The molecule has 2 aromatic carbocycles. The Morgan fingerprint density at radius 1 is 1.06 bits per heavy atom. The number of amides is 1. The maximum atomic E-state index is 12.0. The van der Waals surface area contributed by atoms with Gasteiger partial charge in [0.15, 0.2) is 0 Å². The van der Waals surface area contributed by atoms with Gasteiger partial charge in [0.2, 0.25) is 17.5 Å². The lowest BCUT2D eigenvalue weighted by molar-refractivity contribution is -0.383. The Balaban J connectivity index is 1.47. The van der Waals surface area contributed by atoms with Gasteiger partial charge in [0.05, 0.1) is 4.92 Å². The van der Waals surface area contributed by atoms with Crippen LogP contribution in [-0.4, -0.2) is 33.9 Å². The molecule has 9 nitrogen and oxygen atoms in total. The van der Waals surface area contributed by atoms with Crippen LogP contribution >= 0.6 is 0 Å². The molecule has 4 rings (SSSR count). The Bertz CT molecular complexity index is 1110. The second-order valence-corrected chi connectivity index (χ2v) is 8.16. The first-order valence-electron chi connectivity index (χ1n) is 10.9. The number of nitrogens with one attached hydrogen (secondary N) is 2. The number of piperidine rings is 1. The first-order valence-corrected chi connectivity index (χ1v) is 10.9. The molecule has 1 fully saturated rings. The van der Waals surface area contributed by atoms with Crippen LogP contribution in [0.2, 0.25) is 0 Å². The summed E-state index contributed by atoms with van der Waals surface area (Å²) in [5.41, 5.74) is 2.45. The number of rotatable bonds is 7. The molecule has 33 heavy (non-hydrogen) atoms. The lowest BCUT2D eigenvalue weighted by atomic mass is 9.90. The minimum Gasteiger partial charge on any atom is -0.351 e. The van der Waals surface area contributed by atoms with E-state index in [0.717, 1.165) is 19.3 Å². The minimum absolute atomic E-state index is 0.134. The third-order valence-corrected chi connectivity index (χ3v) is 5.73. The number of nitro groups is 1. The molecule has 170 valence electrons. The van der Waals surface area contributed by atoms with E-state index in [2.05, 4.69) is 44.9 Å². The van der Waals surface area contributed by atoms with Gasteiger partial charge in [-0.3, -0.25) is 14.9 Å². The topological polar surface area (TPSA) is 113 Å². The standard InChI is InChI=1S/C24H26N6O3/c1-17(31)27-20-7-9-21(10-8-20)28-23-22(30(32)33)24(26-16-25-23)29-13-11-19(12-14-29)15-18-5-3-2-4-6-18/h2-10,16,19H,11-15H2,1H3,(H,27,31)(H,25,26,28). The quantitative estimate of drug-likeness (QED) is 0.404. The molecule has 0 aliphatic carbocycles. The minimum atomic E-state index is -0.431.